The third kappa shape index (κ3) is 3.31. The largest absolute Gasteiger partial charge is 0.472 e. The van der Waals surface area contributed by atoms with E-state index < -0.39 is 0 Å². The number of piperazine rings is 1. The minimum atomic E-state index is 0.0221. The molecule has 0 aromatic carbocycles. The van der Waals surface area contributed by atoms with Gasteiger partial charge in [-0.3, -0.25) is 9.69 Å². The van der Waals surface area contributed by atoms with Crippen LogP contribution in [0.25, 0.3) is 0 Å². The summed E-state index contributed by atoms with van der Waals surface area (Å²) in [6.45, 7) is 5.89. The van der Waals surface area contributed by atoms with E-state index in [1.165, 1.54) is 12.5 Å². The number of hydrogen-bond acceptors (Lipinski definition) is 4. The molecule has 1 aromatic heterocycles. The Labute approximate surface area is 101 Å². The van der Waals surface area contributed by atoms with Gasteiger partial charge in [-0.15, -0.1) is 0 Å². The highest BCUT2D eigenvalue weighted by Crippen LogP contribution is 2.04. The first-order valence-corrected chi connectivity index (χ1v) is 5.98. The summed E-state index contributed by atoms with van der Waals surface area (Å²) in [6, 6.07) is 1.70. The van der Waals surface area contributed by atoms with Gasteiger partial charge in [-0.25, -0.2) is 0 Å². The second kappa shape index (κ2) is 5.84. The summed E-state index contributed by atoms with van der Waals surface area (Å²) in [7, 11) is 1.83. The summed E-state index contributed by atoms with van der Waals surface area (Å²) < 4.78 is 4.91. The molecule has 17 heavy (non-hydrogen) atoms. The molecule has 0 saturated carbocycles. The molecule has 5 nitrogen and oxygen atoms in total. The van der Waals surface area contributed by atoms with Crippen LogP contribution in [0.5, 0.6) is 0 Å². The molecule has 1 fully saturated rings. The van der Waals surface area contributed by atoms with E-state index in [0.29, 0.717) is 5.56 Å². The first kappa shape index (κ1) is 12.1. The Morgan fingerprint density at radius 3 is 2.94 bits per heavy atom. The zero-order chi connectivity index (χ0) is 12.1. The van der Waals surface area contributed by atoms with Crippen molar-refractivity contribution in [3.8, 4) is 0 Å². The number of likely N-dealkylation sites (N-methyl/N-ethyl adjacent to an activating group) is 1. The van der Waals surface area contributed by atoms with Crippen molar-refractivity contribution < 1.29 is 9.21 Å². The van der Waals surface area contributed by atoms with E-state index in [-0.39, 0.29) is 5.91 Å². The van der Waals surface area contributed by atoms with Gasteiger partial charge in [-0.1, -0.05) is 0 Å². The Hall–Kier alpha value is -1.33. The van der Waals surface area contributed by atoms with E-state index in [2.05, 4.69) is 10.2 Å². The minimum absolute atomic E-state index is 0.0221. The van der Waals surface area contributed by atoms with Crippen LogP contribution in [0.1, 0.15) is 10.4 Å². The first-order chi connectivity index (χ1) is 8.27. The van der Waals surface area contributed by atoms with Gasteiger partial charge in [0.1, 0.15) is 6.26 Å². The Kier molecular flexibility index (Phi) is 4.17. The van der Waals surface area contributed by atoms with Crippen LogP contribution < -0.4 is 5.32 Å². The molecule has 1 aromatic rings. The molecule has 0 unspecified atom stereocenters. The van der Waals surface area contributed by atoms with Gasteiger partial charge in [0, 0.05) is 46.3 Å². The van der Waals surface area contributed by atoms with Gasteiger partial charge in [0.2, 0.25) is 0 Å². The molecule has 0 spiro atoms. The molecule has 94 valence electrons. The molecular formula is C12H19N3O2. The van der Waals surface area contributed by atoms with E-state index >= 15 is 0 Å². The Morgan fingerprint density at radius 1 is 1.53 bits per heavy atom. The topological polar surface area (TPSA) is 48.7 Å². The Balaban J connectivity index is 1.76. The van der Waals surface area contributed by atoms with E-state index in [4.69, 9.17) is 4.42 Å². The average Bonchev–Trinajstić information content (AvgIpc) is 2.90. The molecule has 0 atom stereocenters. The number of amides is 1. The van der Waals surface area contributed by atoms with Crippen molar-refractivity contribution in [2.24, 2.45) is 0 Å². The predicted molar refractivity (Wildman–Crippen MR) is 65.0 cm³/mol. The van der Waals surface area contributed by atoms with E-state index in [9.17, 15) is 4.79 Å². The SMILES string of the molecule is CN(CCN1CCNCC1)C(=O)c1ccoc1. The van der Waals surface area contributed by atoms with Crippen molar-refractivity contribution in [2.45, 2.75) is 0 Å². The molecule has 0 bridgehead atoms. The van der Waals surface area contributed by atoms with Crippen LogP contribution in [0.3, 0.4) is 0 Å². The van der Waals surface area contributed by atoms with Crippen LogP contribution in [0.2, 0.25) is 0 Å². The fourth-order valence-electron chi connectivity index (χ4n) is 1.93. The third-order valence-electron chi connectivity index (χ3n) is 3.08. The number of carbonyl (C=O) groups is 1. The van der Waals surface area contributed by atoms with Gasteiger partial charge in [0.15, 0.2) is 0 Å². The van der Waals surface area contributed by atoms with Crippen LogP contribution in [-0.2, 0) is 0 Å². The fraction of sp³-hybridized carbons (Fsp3) is 0.583. The maximum absolute atomic E-state index is 11.9. The normalized spacial score (nSPS) is 17.0. The fourth-order valence-corrected chi connectivity index (χ4v) is 1.93. The lowest BCUT2D eigenvalue weighted by Gasteiger charge is -2.29. The second-order valence-corrected chi connectivity index (χ2v) is 4.33. The summed E-state index contributed by atoms with van der Waals surface area (Å²) in [5.74, 6) is 0.0221. The average molecular weight is 237 g/mol. The van der Waals surface area contributed by atoms with Crippen LogP contribution in [-0.4, -0.2) is 62.0 Å². The number of nitrogens with zero attached hydrogens (tertiary/aromatic N) is 2. The minimum Gasteiger partial charge on any atom is -0.472 e. The molecule has 1 aliphatic heterocycles. The number of nitrogens with one attached hydrogen (secondary N) is 1. The lowest BCUT2D eigenvalue weighted by Crippen LogP contribution is -2.46. The van der Waals surface area contributed by atoms with Crippen LogP contribution >= 0.6 is 0 Å². The molecule has 1 saturated heterocycles. The number of furan rings is 1. The quantitative estimate of drug-likeness (QED) is 0.816. The van der Waals surface area contributed by atoms with Gasteiger partial charge >= 0.3 is 0 Å². The summed E-state index contributed by atoms with van der Waals surface area (Å²) in [4.78, 5) is 16.0. The zero-order valence-electron chi connectivity index (χ0n) is 10.2. The van der Waals surface area contributed by atoms with Crippen molar-refractivity contribution in [3.63, 3.8) is 0 Å². The molecule has 2 heterocycles. The number of rotatable bonds is 4. The van der Waals surface area contributed by atoms with Crippen molar-refractivity contribution in [1.29, 1.82) is 0 Å². The van der Waals surface area contributed by atoms with Crippen molar-refractivity contribution in [2.75, 3.05) is 46.3 Å². The summed E-state index contributed by atoms with van der Waals surface area (Å²) in [5.41, 5.74) is 0.618. The monoisotopic (exact) mass is 237 g/mol. The molecule has 1 N–H and O–H groups in total. The highest BCUT2D eigenvalue weighted by molar-refractivity contribution is 5.93. The summed E-state index contributed by atoms with van der Waals surface area (Å²) in [6.07, 6.45) is 3.01. The molecule has 5 heteroatoms. The molecule has 0 radical (unpaired) electrons. The number of hydrogen-bond donors (Lipinski definition) is 1. The molecule has 1 aliphatic rings. The molecule has 0 aliphatic carbocycles. The third-order valence-corrected chi connectivity index (χ3v) is 3.08. The Morgan fingerprint density at radius 2 is 2.29 bits per heavy atom. The van der Waals surface area contributed by atoms with Gasteiger partial charge < -0.3 is 14.6 Å². The van der Waals surface area contributed by atoms with Crippen LogP contribution in [0, 0.1) is 0 Å². The highest BCUT2D eigenvalue weighted by atomic mass is 16.3. The maximum Gasteiger partial charge on any atom is 0.256 e. The van der Waals surface area contributed by atoms with Crippen LogP contribution in [0.15, 0.2) is 23.0 Å². The van der Waals surface area contributed by atoms with E-state index in [1.54, 1.807) is 11.0 Å². The lowest BCUT2D eigenvalue weighted by atomic mass is 10.3. The van der Waals surface area contributed by atoms with Crippen molar-refractivity contribution in [1.82, 2.24) is 15.1 Å². The van der Waals surface area contributed by atoms with E-state index in [1.807, 2.05) is 7.05 Å². The summed E-state index contributed by atoms with van der Waals surface area (Å²) >= 11 is 0. The van der Waals surface area contributed by atoms with E-state index in [0.717, 1.165) is 39.3 Å². The van der Waals surface area contributed by atoms with Gasteiger partial charge in [-0.2, -0.15) is 0 Å². The summed E-state index contributed by atoms with van der Waals surface area (Å²) in [5, 5.41) is 3.31. The first-order valence-electron chi connectivity index (χ1n) is 5.98. The maximum atomic E-state index is 11.9. The van der Waals surface area contributed by atoms with Gasteiger partial charge in [-0.05, 0) is 6.07 Å². The standard InChI is InChI=1S/C12H19N3O2/c1-14(12(16)11-2-9-17-10-11)7-8-15-5-3-13-4-6-15/h2,9-10,13H,3-8H2,1H3. The number of carbonyl (C=O) groups excluding carboxylic acids is 1. The molecule has 1 amide bonds. The lowest BCUT2D eigenvalue weighted by molar-refractivity contribution is 0.0774. The Bertz CT molecular complexity index is 345. The van der Waals surface area contributed by atoms with Gasteiger partial charge in [0.05, 0.1) is 11.8 Å². The smallest absolute Gasteiger partial charge is 0.256 e. The van der Waals surface area contributed by atoms with Crippen molar-refractivity contribution in [3.05, 3.63) is 24.2 Å². The van der Waals surface area contributed by atoms with Crippen LogP contribution in [0.4, 0.5) is 0 Å². The van der Waals surface area contributed by atoms with Crippen molar-refractivity contribution >= 4 is 5.91 Å². The highest BCUT2D eigenvalue weighted by Gasteiger charge is 2.15. The molecular weight excluding hydrogens is 218 g/mol. The predicted octanol–water partition coefficient (Wildman–Crippen LogP) is 0.257. The molecule has 2 rings (SSSR count). The second-order valence-electron chi connectivity index (χ2n) is 4.33. The van der Waals surface area contributed by atoms with Gasteiger partial charge in [0.25, 0.3) is 5.91 Å². The zero-order valence-corrected chi connectivity index (χ0v) is 10.2.